The molecule has 2 heterocycles. The number of carbonyl (C=O) groups is 1. The van der Waals surface area contributed by atoms with E-state index in [0.717, 1.165) is 35.0 Å². The van der Waals surface area contributed by atoms with Crippen molar-refractivity contribution in [3.63, 3.8) is 0 Å². The number of hydrogen-bond acceptors (Lipinski definition) is 4. The summed E-state index contributed by atoms with van der Waals surface area (Å²) in [6.07, 6.45) is 1.48. The maximum atomic E-state index is 12.7. The second-order valence-corrected chi connectivity index (χ2v) is 10.9. The third kappa shape index (κ3) is 4.70. The number of hydrogen-bond donors (Lipinski definition) is 1. The van der Waals surface area contributed by atoms with Crippen molar-refractivity contribution in [3.8, 4) is 11.3 Å². The van der Waals surface area contributed by atoms with Crippen LogP contribution in [-0.4, -0.2) is 23.0 Å². The van der Waals surface area contributed by atoms with Crippen molar-refractivity contribution in [1.82, 2.24) is 4.98 Å². The zero-order chi connectivity index (χ0) is 20.0. The molecule has 0 saturated carbocycles. The van der Waals surface area contributed by atoms with Gasteiger partial charge in [-0.2, -0.15) is 0 Å². The van der Waals surface area contributed by atoms with Crippen LogP contribution in [0.4, 0.5) is 10.8 Å². The van der Waals surface area contributed by atoms with Crippen LogP contribution in [0.2, 0.25) is 0 Å². The minimum absolute atomic E-state index is 0.00653. The SMILES string of the molecule is Cc1sc(NC(C)(C)C)nc1-c1ccc2c(c1)CCN2C(=O)CC(C)(C)C. The van der Waals surface area contributed by atoms with Crippen LogP contribution in [-0.2, 0) is 11.2 Å². The Kier molecular flexibility index (Phi) is 5.10. The van der Waals surface area contributed by atoms with E-state index in [0.29, 0.717) is 6.42 Å². The lowest BCUT2D eigenvalue weighted by Gasteiger charge is -2.23. The van der Waals surface area contributed by atoms with Gasteiger partial charge in [-0.05, 0) is 57.2 Å². The molecule has 1 aromatic heterocycles. The van der Waals surface area contributed by atoms with E-state index in [2.05, 4.69) is 72.0 Å². The van der Waals surface area contributed by atoms with E-state index in [9.17, 15) is 4.79 Å². The third-order valence-electron chi connectivity index (χ3n) is 4.51. The first-order chi connectivity index (χ1) is 12.4. The summed E-state index contributed by atoms with van der Waals surface area (Å²) in [6.45, 7) is 15.7. The number of thiazole rings is 1. The molecule has 1 amide bonds. The fraction of sp³-hybridized carbons (Fsp3) is 0.545. The molecule has 0 unspecified atom stereocenters. The zero-order valence-corrected chi connectivity index (χ0v) is 18.4. The Morgan fingerprint density at radius 3 is 2.56 bits per heavy atom. The number of carbonyl (C=O) groups excluding carboxylic acids is 1. The quantitative estimate of drug-likeness (QED) is 0.742. The molecule has 146 valence electrons. The van der Waals surface area contributed by atoms with Crippen LogP contribution >= 0.6 is 11.3 Å². The van der Waals surface area contributed by atoms with E-state index in [-0.39, 0.29) is 16.9 Å². The van der Waals surface area contributed by atoms with E-state index >= 15 is 0 Å². The maximum absolute atomic E-state index is 12.7. The van der Waals surface area contributed by atoms with Gasteiger partial charge in [-0.1, -0.05) is 26.8 Å². The Labute approximate surface area is 167 Å². The van der Waals surface area contributed by atoms with Crippen molar-refractivity contribution in [1.29, 1.82) is 0 Å². The molecular weight excluding hydrogens is 354 g/mol. The van der Waals surface area contributed by atoms with E-state index in [1.165, 1.54) is 10.4 Å². The molecule has 5 heteroatoms. The van der Waals surface area contributed by atoms with Gasteiger partial charge in [-0.25, -0.2) is 4.98 Å². The van der Waals surface area contributed by atoms with Crippen LogP contribution < -0.4 is 10.2 Å². The number of aryl methyl sites for hydroxylation is 1. The van der Waals surface area contributed by atoms with Crippen LogP contribution in [0, 0.1) is 12.3 Å². The molecule has 2 aromatic rings. The summed E-state index contributed by atoms with van der Waals surface area (Å²) in [5, 5.41) is 4.42. The number of anilines is 2. The molecule has 1 aliphatic heterocycles. The van der Waals surface area contributed by atoms with Crippen molar-refractivity contribution in [2.24, 2.45) is 5.41 Å². The highest BCUT2D eigenvalue weighted by Gasteiger charge is 2.28. The van der Waals surface area contributed by atoms with Crippen molar-refractivity contribution in [2.45, 2.75) is 66.8 Å². The molecule has 0 aliphatic carbocycles. The number of fused-ring (bicyclic) bond motifs is 1. The lowest BCUT2D eigenvalue weighted by Crippen LogP contribution is -2.31. The molecule has 1 N–H and O–H groups in total. The van der Waals surface area contributed by atoms with Gasteiger partial charge >= 0.3 is 0 Å². The monoisotopic (exact) mass is 385 g/mol. The second-order valence-electron chi connectivity index (χ2n) is 9.68. The molecule has 3 rings (SSSR count). The zero-order valence-electron chi connectivity index (χ0n) is 17.6. The molecule has 1 aromatic carbocycles. The Hall–Kier alpha value is -1.88. The van der Waals surface area contributed by atoms with E-state index in [1.54, 1.807) is 11.3 Å². The standard InChI is InChI=1S/C22H31N3OS/c1-14-19(23-20(27-14)24-22(5,6)7)16-8-9-17-15(12-16)10-11-25(17)18(26)13-21(2,3)4/h8-9,12H,10-11,13H2,1-7H3,(H,23,24). The highest BCUT2D eigenvalue weighted by molar-refractivity contribution is 7.16. The smallest absolute Gasteiger partial charge is 0.227 e. The number of aromatic nitrogens is 1. The maximum Gasteiger partial charge on any atom is 0.227 e. The van der Waals surface area contributed by atoms with Gasteiger partial charge in [0.05, 0.1) is 5.69 Å². The number of benzene rings is 1. The summed E-state index contributed by atoms with van der Waals surface area (Å²) in [4.78, 5) is 20.7. The van der Waals surface area contributed by atoms with Crippen LogP contribution in [0.5, 0.6) is 0 Å². The average molecular weight is 386 g/mol. The van der Waals surface area contributed by atoms with Gasteiger partial charge in [-0.3, -0.25) is 4.79 Å². The number of nitrogens with zero attached hydrogens (tertiary/aromatic N) is 2. The lowest BCUT2D eigenvalue weighted by atomic mass is 9.91. The van der Waals surface area contributed by atoms with Crippen molar-refractivity contribution in [3.05, 3.63) is 28.6 Å². The first-order valence-corrected chi connectivity index (χ1v) is 10.4. The van der Waals surface area contributed by atoms with E-state index < -0.39 is 0 Å². The summed E-state index contributed by atoms with van der Waals surface area (Å²) in [6, 6.07) is 6.40. The number of nitrogens with one attached hydrogen (secondary N) is 1. The highest BCUT2D eigenvalue weighted by atomic mass is 32.1. The van der Waals surface area contributed by atoms with Gasteiger partial charge < -0.3 is 10.2 Å². The molecule has 0 atom stereocenters. The van der Waals surface area contributed by atoms with Gasteiger partial charge in [-0.15, -0.1) is 11.3 Å². The summed E-state index contributed by atoms with van der Waals surface area (Å²) in [5.41, 5.74) is 4.48. The summed E-state index contributed by atoms with van der Waals surface area (Å²) in [5.74, 6) is 0.218. The largest absolute Gasteiger partial charge is 0.357 e. The number of amides is 1. The normalized spacial score (nSPS) is 14.4. The predicted octanol–water partition coefficient (Wildman–Crippen LogP) is 5.65. The summed E-state index contributed by atoms with van der Waals surface area (Å²) >= 11 is 1.69. The van der Waals surface area contributed by atoms with E-state index in [1.807, 2.05) is 4.90 Å². The molecule has 1 aliphatic rings. The fourth-order valence-corrected chi connectivity index (χ4v) is 4.44. The summed E-state index contributed by atoms with van der Waals surface area (Å²) in [7, 11) is 0. The van der Waals surface area contributed by atoms with Gasteiger partial charge in [0.1, 0.15) is 0 Å². The number of rotatable bonds is 3. The Balaban J connectivity index is 1.85. The fourth-order valence-electron chi connectivity index (χ4n) is 3.40. The highest BCUT2D eigenvalue weighted by Crippen LogP contribution is 2.37. The Bertz CT molecular complexity index is 855. The molecule has 0 bridgehead atoms. The molecular formula is C22H31N3OS. The van der Waals surface area contributed by atoms with Crippen molar-refractivity contribution < 1.29 is 4.79 Å². The minimum Gasteiger partial charge on any atom is -0.357 e. The molecule has 0 radical (unpaired) electrons. The average Bonchev–Trinajstić information content (AvgIpc) is 3.06. The van der Waals surface area contributed by atoms with Crippen molar-refractivity contribution in [2.75, 3.05) is 16.8 Å². The van der Waals surface area contributed by atoms with Crippen molar-refractivity contribution >= 4 is 28.1 Å². The molecule has 4 nitrogen and oxygen atoms in total. The van der Waals surface area contributed by atoms with Gasteiger partial charge in [0.25, 0.3) is 0 Å². The Morgan fingerprint density at radius 1 is 1.22 bits per heavy atom. The minimum atomic E-state index is -0.00653. The third-order valence-corrected chi connectivity index (χ3v) is 5.40. The summed E-state index contributed by atoms with van der Waals surface area (Å²) < 4.78 is 0. The van der Waals surface area contributed by atoms with Gasteiger partial charge in [0, 0.05) is 34.6 Å². The lowest BCUT2D eigenvalue weighted by molar-refractivity contribution is -0.120. The molecule has 0 fully saturated rings. The second kappa shape index (κ2) is 6.93. The van der Waals surface area contributed by atoms with Gasteiger partial charge in [0.15, 0.2) is 5.13 Å². The van der Waals surface area contributed by atoms with Crippen LogP contribution in [0.15, 0.2) is 18.2 Å². The van der Waals surface area contributed by atoms with Crippen LogP contribution in [0.25, 0.3) is 11.3 Å². The first kappa shape index (κ1) is 19.9. The van der Waals surface area contributed by atoms with Crippen LogP contribution in [0.1, 0.15) is 58.4 Å². The molecule has 0 spiro atoms. The molecule has 27 heavy (non-hydrogen) atoms. The topological polar surface area (TPSA) is 45.2 Å². The molecule has 0 saturated heterocycles. The Morgan fingerprint density at radius 2 is 1.93 bits per heavy atom. The first-order valence-electron chi connectivity index (χ1n) is 9.62. The van der Waals surface area contributed by atoms with Crippen LogP contribution in [0.3, 0.4) is 0 Å². The van der Waals surface area contributed by atoms with E-state index in [4.69, 9.17) is 4.98 Å². The predicted molar refractivity (Wildman–Crippen MR) is 116 cm³/mol. The van der Waals surface area contributed by atoms with Gasteiger partial charge in [0.2, 0.25) is 5.91 Å².